The highest BCUT2D eigenvalue weighted by atomic mass is 35.5. The van der Waals surface area contributed by atoms with E-state index in [9.17, 15) is 0 Å². The van der Waals surface area contributed by atoms with Gasteiger partial charge in [-0.2, -0.15) is 0 Å². The second-order valence-corrected chi connectivity index (χ2v) is 4.91. The molecule has 0 radical (unpaired) electrons. The lowest BCUT2D eigenvalue weighted by atomic mass is 10.2. The van der Waals surface area contributed by atoms with E-state index in [-0.39, 0.29) is 0 Å². The van der Waals surface area contributed by atoms with Crippen LogP contribution in [0, 0.1) is 0 Å². The molecule has 4 heteroatoms. The van der Waals surface area contributed by atoms with E-state index in [0.29, 0.717) is 5.02 Å². The Balaban J connectivity index is 2.27. The molecule has 0 bridgehead atoms. The lowest BCUT2D eigenvalue weighted by molar-refractivity contribution is 0.394. The highest BCUT2D eigenvalue weighted by molar-refractivity contribution is 6.35. The van der Waals surface area contributed by atoms with Crippen LogP contribution in [0.1, 0.15) is 12.0 Å². The lowest BCUT2D eigenvalue weighted by Gasteiger charge is -2.10. The fraction of sp³-hybridized carbons (Fsp3) is 0.500. The average molecular weight is 261 g/mol. The predicted molar refractivity (Wildman–Crippen MR) is 71.3 cm³/mol. The third-order valence-electron chi connectivity index (χ3n) is 2.29. The van der Waals surface area contributed by atoms with Gasteiger partial charge in [0.2, 0.25) is 0 Å². The quantitative estimate of drug-likeness (QED) is 0.792. The second-order valence-electron chi connectivity index (χ2n) is 4.07. The summed E-state index contributed by atoms with van der Waals surface area (Å²) in [5.41, 5.74) is 1.09. The maximum absolute atomic E-state index is 6.06. The van der Waals surface area contributed by atoms with Gasteiger partial charge in [-0.3, -0.25) is 0 Å². The molecule has 0 aliphatic carbocycles. The van der Waals surface area contributed by atoms with Crippen LogP contribution in [0.2, 0.25) is 10.0 Å². The van der Waals surface area contributed by atoms with Crippen LogP contribution in [-0.2, 0) is 6.54 Å². The number of halogens is 2. The van der Waals surface area contributed by atoms with Gasteiger partial charge in [0.05, 0.1) is 0 Å². The van der Waals surface area contributed by atoms with Gasteiger partial charge in [0.15, 0.2) is 0 Å². The van der Waals surface area contributed by atoms with Gasteiger partial charge in [0.25, 0.3) is 0 Å². The van der Waals surface area contributed by atoms with Crippen LogP contribution in [0.4, 0.5) is 0 Å². The van der Waals surface area contributed by atoms with E-state index in [0.717, 1.165) is 36.6 Å². The first kappa shape index (κ1) is 13.8. The van der Waals surface area contributed by atoms with Crippen LogP contribution in [-0.4, -0.2) is 32.1 Å². The molecule has 0 aliphatic heterocycles. The van der Waals surface area contributed by atoms with Gasteiger partial charge in [-0.1, -0.05) is 29.3 Å². The van der Waals surface area contributed by atoms with E-state index in [1.807, 2.05) is 12.1 Å². The summed E-state index contributed by atoms with van der Waals surface area (Å²) < 4.78 is 0. The number of benzene rings is 1. The molecule has 0 atom stereocenters. The Kier molecular flexibility index (Phi) is 6.14. The van der Waals surface area contributed by atoms with Crippen molar-refractivity contribution in [2.45, 2.75) is 13.0 Å². The van der Waals surface area contributed by atoms with Gasteiger partial charge in [-0.15, -0.1) is 0 Å². The zero-order valence-corrected chi connectivity index (χ0v) is 11.3. The molecule has 1 aromatic rings. The molecular weight excluding hydrogens is 243 g/mol. The molecule has 0 unspecified atom stereocenters. The highest BCUT2D eigenvalue weighted by Gasteiger charge is 2.00. The number of nitrogens with zero attached hydrogens (tertiary/aromatic N) is 1. The zero-order chi connectivity index (χ0) is 12.0. The van der Waals surface area contributed by atoms with Crippen molar-refractivity contribution in [1.82, 2.24) is 10.2 Å². The fourth-order valence-corrected chi connectivity index (χ4v) is 1.88. The van der Waals surface area contributed by atoms with Crippen molar-refractivity contribution in [2.75, 3.05) is 27.2 Å². The Hall–Kier alpha value is -0.280. The number of hydrogen-bond acceptors (Lipinski definition) is 2. The van der Waals surface area contributed by atoms with Gasteiger partial charge in [-0.25, -0.2) is 0 Å². The number of rotatable bonds is 6. The van der Waals surface area contributed by atoms with Crippen LogP contribution in [0.15, 0.2) is 18.2 Å². The first-order valence-corrected chi connectivity index (χ1v) is 6.14. The number of hydrogen-bond donors (Lipinski definition) is 1. The molecule has 0 saturated carbocycles. The van der Waals surface area contributed by atoms with E-state index >= 15 is 0 Å². The Labute approximate surface area is 108 Å². The van der Waals surface area contributed by atoms with Crippen molar-refractivity contribution in [1.29, 1.82) is 0 Å². The first-order valence-electron chi connectivity index (χ1n) is 5.39. The smallest absolute Gasteiger partial charge is 0.0465 e. The van der Waals surface area contributed by atoms with Crippen molar-refractivity contribution < 1.29 is 0 Å². The Morgan fingerprint density at radius 3 is 2.62 bits per heavy atom. The summed E-state index contributed by atoms with van der Waals surface area (Å²) in [6.07, 6.45) is 1.14. The van der Waals surface area contributed by atoms with Crippen molar-refractivity contribution >= 4 is 23.2 Å². The van der Waals surface area contributed by atoms with E-state index in [1.54, 1.807) is 6.07 Å². The van der Waals surface area contributed by atoms with Crippen molar-refractivity contribution in [2.24, 2.45) is 0 Å². The summed E-state index contributed by atoms with van der Waals surface area (Å²) in [5.74, 6) is 0. The normalized spacial score (nSPS) is 11.1. The summed E-state index contributed by atoms with van der Waals surface area (Å²) in [7, 11) is 4.16. The van der Waals surface area contributed by atoms with Crippen molar-refractivity contribution in [3.05, 3.63) is 33.8 Å². The van der Waals surface area contributed by atoms with Gasteiger partial charge >= 0.3 is 0 Å². The van der Waals surface area contributed by atoms with E-state index < -0.39 is 0 Å². The standard InChI is InChI=1S/C12H18Cl2N2/c1-16(2)7-3-6-15-9-10-4-5-11(13)8-12(10)14/h4-5,8,15H,3,6-7,9H2,1-2H3. The molecule has 16 heavy (non-hydrogen) atoms. The van der Waals surface area contributed by atoms with Crippen molar-refractivity contribution in [3.63, 3.8) is 0 Å². The maximum atomic E-state index is 6.06. The molecule has 0 saturated heterocycles. The molecule has 1 aromatic carbocycles. The highest BCUT2D eigenvalue weighted by Crippen LogP contribution is 2.20. The van der Waals surface area contributed by atoms with E-state index in [1.165, 1.54) is 0 Å². The second kappa shape index (κ2) is 7.13. The summed E-state index contributed by atoms with van der Waals surface area (Å²) in [6.45, 7) is 2.89. The third kappa shape index (κ3) is 5.17. The third-order valence-corrected chi connectivity index (χ3v) is 2.88. The lowest BCUT2D eigenvalue weighted by Crippen LogP contribution is -2.21. The van der Waals surface area contributed by atoms with Crippen LogP contribution in [0.25, 0.3) is 0 Å². The predicted octanol–water partition coefficient (Wildman–Crippen LogP) is 3.03. The van der Waals surface area contributed by atoms with Crippen LogP contribution in [0.5, 0.6) is 0 Å². The van der Waals surface area contributed by atoms with Crippen LogP contribution >= 0.6 is 23.2 Å². The Bertz CT molecular complexity index is 327. The average Bonchev–Trinajstić information content (AvgIpc) is 2.20. The summed E-state index contributed by atoms with van der Waals surface area (Å²) in [5, 5.41) is 4.77. The molecule has 0 aromatic heterocycles. The minimum absolute atomic E-state index is 0.682. The molecule has 1 rings (SSSR count). The zero-order valence-electron chi connectivity index (χ0n) is 9.76. The van der Waals surface area contributed by atoms with Gasteiger partial charge in [-0.05, 0) is 51.3 Å². The minimum atomic E-state index is 0.682. The molecule has 0 fully saturated rings. The SMILES string of the molecule is CN(C)CCCNCc1ccc(Cl)cc1Cl. The van der Waals surface area contributed by atoms with Gasteiger partial charge in [0.1, 0.15) is 0 Å². The largest absolute Gasteiger partial charge is 0.313 e. The molecule has 90 valence electrons. The Morgan fingerprint density at radius 2 is 2.00 bits per heavy atom. The Morgan fingerprint density at radius 1 is 1.25 bits per heavy atom. The number of nitrogens with one attached hydrogen (secondary N) is 1. The van der Waals surface area contributed by atoms with Gasteiger partial charge < -0.3 is 10.2 Å². The van der Waals surface area contributed by atoms with E-state index in [4.69, 9.17) is 23.2 Å². The van der Waals surface area contributed by atoms with Crippen molar-refractivity contribution in [3.8, 4) is 0 Å². The molecule has 0 heterocycles. The molecule has 0 amide bonds. The molecule has 0 aliphatic rings. The summed E-state index contributed by atoms with van der Waals surface area (Å²) in [6, 6.07) is 5.60. The molecular formula is C12H18Cl2N2. The topological polar surface area (TPSA) is 15.3 Å². The minimum Gasteiger partial charge on any atom is -0.313 e. The molecule has 1 N–H and O–H groups in total. The monoisotopic (exact) mass is 260 g/mol. The van der Waals surface area contributed by atoms with Crippen LogP contribution in [0.3, 0.4) is 0 Å². The first-order chi connectivity index (χ1) is 7.59. The van der Waals surface area contributed by atoms with Crippen LogP contribution < -0.4 is 5.32 Å². The molecule has 0 spiro atoms. The molecule has 2 nitrogen and oxygen atoms in total. The fourth-order valence-electron chi connectivity index (χ4n) is 1.41. The summed E-state index contributed by atoms with van der Waals surface area (Å²) in [4.78, 5) is 2.18. The summed E-state index contributed by atoms with van der Waals surface area (Å²) >= 11 is 11.9. The van der Waals surface area contributed by atoms with E-state index in [2.05, 4.69) is 24.3 Å². The van der Waals surface area contributed by atoms with Gasteiger partial charge in [0, 0.05) is 16.6 Å². The maximum Gasteiger partial charge on any atom is 0.0465 e.